The molecular formula is C24H18F2N2S2. The highest BCUT2D eigenvalue weighted by molar-refractivity contribution is 8.02. The minimum absolute atomic E-state index is 0.0139. The first-order valence-electron chi connectivity index (χ1n) is 9.12. The maximum Gasteiger partial charge on any atom is 0.157 e. The predicted molar refractivity (Wildman–Crippen MR) is 116 cm³/mol. The second-order valence-electron chi connectivity index (χ2n) is 7.00. The zero-order chi connectivity index (χ0) is 22.0. The number of hydrogen-bond acceptors (Lipinski definition) is 4. The van der Waals surface area contributed by atoms with Crippen LogP contribution in [-0.4, -0.2) is 0 Å². The van der Waals surface area contributed by atoms with E-state index < -0.39 is 22.8 Å². The van der Waals surface area contributed by atoms with E-state index in [-0.39, 0.29) is 9.79 Å². The molecule has 0 atom stereocenters. The van der Waals surface area contributed by atoms with Crippen LogP contribution in [0.15, 0.2) is 56.0 Å². The van der Waals surface area contributed by atoms with E-state index in [1.807, 2.05) is 64.1 Å². The first kappa shape index (κ1) is 21.9. The third kappa shape index (κ3) is 4.21. The third-order valence-corrected chi connectivity index (χ3v) is 7.26. The molecule has 2 nitrogen and oxygen atoms in total. The smallest absolute Gasteiger partial charge is 0.157 e. The van der Waals surface area contributed by atoms with E-state index in [4.69, 9.17) is 0 Å². The second-order valence-corrected chi connectivity index (χ2v) is 9.11. The van der Waals surface area contributed by atoms with Crippen LogP contribution in [0.1, 0.15) is 33.4 Å². The Morgan fingerprint density at radius 1 is 0.667 bits per heavy atom. The van der Waals surface area contributed by atoms with Crippen molar-refractivity contribution in [3.8, 4) is 12.1 Å². The van der Waals surface area contributed by atoms with E-state index in [2.05, 4.69) is 0 Å². The monoisotopic (exact) mass is 436 g/mol. The van der Waals surface area contributed by atoms with Gasteiger partial charge in [0.25, 0.3) is 0 Å². The molecule has 0 amide bonds. The molecule has 150 valence electrons. The van der Waals surface area contributed by atoms with Gasteiger partial charge in [-0.25, -0.2) is 8.78 Å². The van der Waals surface area contributed by atoms with Crippen molar-refractivity contribution in [3.05, 3.63) is 81.4 Å². The number of hydrogen-bond donors (Lipinski definition) is 0. The summed E-state index contributed by atoms with van der Waals surface area (Å²) in [7, 11) is 0. The third-order valence-electron chi connectivity index (χ3n) is 4.60. The molecule has 30 heavy (non-hydrogen) atoms. The lowest BCUT2D eigenvalue weighted by molar-refractivity contribution is 0.544. The minimum Gasteiger partial charge on any atom is -0.204 e. The fraction of sp³-hybridized carbons (Fsp3) is 0.167. The molecule has 0 aromatic heterocycles. The molecular weight excluding hydrogens is 418 g/mol. The average Bonchev–Trinajstić information content (AvgIpc) is 2.70. The Morgan fingerprint density at radius 2 is 1.03 bits per heavy atom. The highest BCUT2D eigenvalue weighted by Crippen LogP contribution is 2.45. The molecule has 3 rings (SSSR count). The summed E-state index contributed by atoms with van der Waals surface area (Å²) >= 11 is 2.14. The van der Waals surface area contributed by atoms with Gasteiger partial charge in [-0.15, -0.1) is 0 Å². The van der Waals surface area contributed by atoms with Gasteiger partial charge in [0.05, 0.1) is 9.79 Å². The molecule has 3 aromatic carbocycles. The highest BCUT2D eigenvalue weighted by Gasteiger charge is 2.27. The Balaban J connectivity index is 2.24. The molecule has 0 radical (unpaired) electrons. The van der Waals surface area contributed by atoms with E-state index in [9.17, 15) is 10.5 Å². The number of benzene rings is 3. The van der Waals surface area contributed by atoms with Gasteiger partial charge < -0.3 is 0 Å². The topological polar surface area (TPSA) is 47.6 Å². The van der Waals surface area contributed by atoms with Crippen molar-refractivity contribution in [2.24, 2.45) is 0 Å². The fourth-order valence-corrected chi connectivity index (χ4v) is 5.24. The maximum atomic E-state index is 15.4. The van der Waals surface area contributed by atoms with Gasteiger partial charge in [-0.3, -0.25) is 0 Å². The lowest BCUT2D eigenvalue weighted by Crippen LogP contribution is -2.02. The van der Waals surface area contributed by atoms with Crippen molar-refractivity contribution in [1.82, 2.24) is 0 Å². The summed E-state index contributed by atoms with van der Waals surface area (Å²) in [5.74, 6) is -1.74. The van der Waals surface area contributed by atoms with Crippen LogP contribution in [0.5, 0.6) is 0 Å². The van der Waals surface area contributed by atoms with Gasteiger partial charge in [0, 0.05) is 9.79 Å². The minimum atomic E-state index is -0.868. The summed E-state index contributed by atoms with van der Waals surface area (Å²) in [5, 5.41) is 18.7. The Morgan fingerprint density at radius 3 is 1.33 bits per heavy atom. The van der Waals surface area contributed by atoms with Crippen molar-refractivity contribution in [3.63, 3.8) is 0 Å². The van der Waals surface area contributed by atoms with Crippen molar-refractivity contribution in [2.45, 2.75) is 47.3 Å². The lowest BCUT2D eigenvalue weighted by Gasteiger charge is -2.16. The summed E-state index contributed by atoms with van der Waals surface area (Å²) in [4.78, 5) is 1.55. The summed E-state index contributed by atoms with van der Waals surface area (Å²) in [6, 6.07) is 14.7. The average molecular weight is 437 g/mol. The van der Waals surface area contributed by atoms with E-state index in [0.29, 0.717) is 0 Å². The number of nitrogens with zero attached hydrogens (tertiary/aromatic N) is 2. The van der Waals surface area contributed by atoms with Gasteiger partial charge in [0.2, 0.25) is 0 Å². The highest BCUT2D eigenvalue weighted by atomic mass is 32.2. The first-order chi connectivity index (χ1) is 14.3. The molecule has 0 saturated carbocycles. The van der Waals surface area contributed by atoms with Crippen LogP contribution in [0.2, 0.25) is 0 Å². The molecule has 0 fully saturated rings. The SMILES string of the molecule is Cc1ccc(Sc2c(F)c(C#N)c(C#N)c(F)c2Sc2ccc(C)cc2C)c(C)c1. The fourth-order valence-electron chi connectivity index (χ4n) is 3.09. The Hall–Kier alpha value is -2.80. The number of rotatable bonds is 4. The van der Waals surface area contributed by atoms with Crippen molar-refractivity contribution >= 4 is 23.5 Å². The normalized spacial score (nSPS) is 10.5. The van der Waals surface area contributed by atoms with Crippen LogP contribution in [0.4, 0.5) is 8.78 Å². The summed E-state index contributed by atoms with van der Waals surface area (Å²) in [5.41, 5.74) is 2.84. The van der Waals surface area contributed by atoms with Gasteiger partial charge in [-0.1, -0.05) is 58.9 Å². The standard InChI is InChI=1S/C24H18F2N2S2/c1-13-5-7-19(15(3)9-13)29-23-21(25)17(11-27)18(12-28)22(26)24(23)30-20-8-6-14(2)10-16(20)4/h5-10H,1-4H3. The Labute approximate surface area is 183 Å². The van der Waals surface area contributed by atoms with E-state index in [0.717, 1.165) is 55.6 Å². The number of halogens is 2. The zero-order valence-electron chi connectivity index (χ0n) is 16.9. The van der Waals surface area contributed by atoms with Crippen molar-refractivity contribution in [2.75, 3.05) is 0 Å². The van der Waals surface area contributed by atoms with Crippen LogP contribution in [-0.2, 0) is 0 Å². The summed E-state index contributed by atoms with van der Waals surface area (Å²) < 4.78 is 30.7. The molecule has 0 unspecified atom stereocenters. The molecule has 0 aliphatic carbocycles. The van der Waals surface area contributed by atoms with Crippen molar-refractivity contribution in [1.29, 1.82) is 10.5 Å². The molecule has 3 aromatic rings. The van der Waals surface area contributed by atoms with Gasteiger partial charge >= 0.3 is 0 Å². The largest absolute Gasteiger partial charge is 0.204 e. The van der Waals surface area contributed by atoms with Crippen LogP contribution in [0.3, 0.4) is 0 Å². The molecule has 6 heteroatoms. The Bertz CT molecular complexity index is 1140. The van der Waals surface area contributed by atoms with Crippen LogP contribution in [0.25, 0.3) is 0 Å². The van der Waals surface area contributed by atoms with Gasteiger partial charge in [0.15, 0.2) is 11.6 Å². The molecule has 0 bridgehead atoms. The molecule has 0 aliphatic heterocycles. The van der Waals surface area contributed by atoms with E-state index in [1.165, 1.54) is 0 Å². The number of nitriles is 2. The van der Waals surface area contributed by atoms with E-state index >= 15 is 8.78 Å². The van der Waals surface area contributed by atoms with Gasteiger partial charge in [0.1, 0.15) is 23.3 Å². The van der Waals surface area contributed by atoms with Crippen LogP contribution < -0.4 is 0 Å². The summed E-state index contributed by atoms with van der Waals surface area (Å²) in [6.07, 6.45) is 0. The van der Waals surface area contributed by atoms with Crippen molar-refractivity contribution < 1.29 is 8.78 Å². The second kappa shape index (κ2) is 8.92. The van der Waals surface area contributed by atoms with Gasteiger partial charge in [-0.2, -0.15) is 10.5 Å². The zero-order valence-corrected chi connectivity index (χ0v) is 18.6. The molecule has 0 heterocycles. The molecule has 0 aliphatic rings. The first-order valence-corrected chi connectivity index (χ1v) is 10.8. The quantitative estimate of drug-likeness (QED) is 0.432. The molecule has 0 N–H and O–H groups in total. The van der Waals surface area contributed by atoms with Gasteiger partial charge in [-0.05, 0) is 51.0 Å². The molecule has 0 saturated heterocycles. The van der Waals surface area contributed by atoms with Crippen LogP contribution in [0, 0.1) is 62.0 Å². The summed E-state index contributed by atoms with van der Waals surface area (Å²) in [6.45, 7) is 7.71. The maximum absolute atomic E-state index is 15.4. The predicted octanol–water partition coefficient (Wildman–Crippen LogP) is 7.24. The van der Waals surface area contributed by atoms with E-state index in [1.54, 1.807) is 12.1 Å². The number of aryl methyl sites for hydroxylation is 4. The van der Waals surface area contributed by atoms with Crippen LogP contribution >= 0.6 is 23.5 Å². The lowest BCUT2D eigenvalue weighted by atomic mass is 10.1. The molecule has 0 spiro atoms. The Kier molecular flexibility index (Phi) is 6.51.